The molecule has 1 aliphatic rings. The van der Waals surface area contributed by atoms with Crippen LogP contribution in [-0.4, -0.2) is 41.2 Å². The molecule has 6 heteroatoms. The Balaban J connectivity index is 2.40. The number of hydrogen-bond acceptors (Lipinski definition) is 3. The molecular formula is C14H26N2O3S. The van der Waals surface area contributed by atoms with E-state index in [1.165, 1.54) is 6.42 Å². The monoisotopic (exact) mass is 302 g/mol. The van der Waals surface area contributed by atoms with Crippen LogP contribution in [0.15, 0.2) is 0 Å². The maximum absolute atomic E-state index is 11.8. The molecule has 0 saturated heterocycles. The SMILES string of the molecule is CCC(CC)(CNC(=O)NCC1(SC)CCC1)C(=O)O. The molecule has 0 radical (unpaired) electrons. The summed E-state index contributed by atoms with van der Waals surface area (Å²) in [5.74, 6) is -0.845. The fraction of sp³-hybridized carbons (Fsp3) is 0.857. The third-order valence-corrected chi connectivity index (χ3v) is 6.08. The van der Waals surface area contributed by atoms with Crippen molar-refractivity contribution >= 4 is 23.8 Å². The highest BCUT2D eigenvalue weighted by atomic mass is 32.2. The molecule has 0 atom stereocenters. The van der Waals surface area contributed by atoms with E-state index in [0.717, 1.165) is 12.8 Å². The molecule has 0 aromatic heterocycles. The Morgan fingerprint density at radius 3 is 2.20 bits per heavy atom. The second-order valence-corrected chi connectivity index (χ2v) is 6.84. The first kappa shape index (κ1) is 17.1. The molecule has 1 aliphatic carbocycles. The second kappa shape index (κ2) is 7.20. The highest BCUT2D eigenvalue weighted by Gasteiger charge is 2.37. The number of hydrogen-bond donors (Lipinski definition) is 3. The topological polar surface area (TPSA) is 78.4 Å². The lowest BCUT2D eigenvalue weighted by Gasteiger charge is -2.40. The van der Waals surface area contributed by atoms with Gasteiger partial charge in [-0.05, 0) is 31.9 Å². The molecular weight excluding hydrogens is 276 g/mol. The van der Waals surface area contributed by atoms with Crippen LogP contribution in [0.4, 0.5) is 4.79 Å². The first-order chi connectivity index (χ1) is 9.43. The summed E-state index contributed by atoms with van der Waals surface area (Å²) in [6.45, 7) is 4.51. The van der Waals surface area contributed by atoms with Crippen molar-refractivity contribution in [3.63, 3.8) is 0 Å². The van der Waals surface area contributed by atoms with Crippen LogP contribution < -0.4 is 10.6 Å². The number of amides is 2. The number of carbonyl (C=O) groups is 2. The first-order valence-corrected chi connectivity index (χ1v) is 8.46. The molecule has 116 valence electrons. The summed E-state index contributed by atoms with van der Waals surface area (Å²) >= 11 is 1.80. The minimum Gasteiger partial charge on any atom is -0.481 e. The van der Waals surface area contributed by atoms with Crippen LogP contribution in [0, 0.1) is 5.41 Å². The molecule has 3 N–H and O–H groups in total. The van der Waals surface area contributed by atoms with E-state index in [1.54, 1.807) is 11.8 Å². The summed E-state index contributed by atoms with van der Waals surface area (Å²) in [5, 5.41) is 14.9. The summed E-state index contributed by atoms with van der Waals surface area (Å²) in [6, 6.07) is -0.266. The molecule has 1 fully saturated rings. The summed E-state index contributed by atoms with van der Waals surface area (Å²) in [4.78, 5) is 23.2. The average Bonchev–Trinajstić information content (AvgIpc) is 2.39. The fourth-order valence-electron chi connectivity index (χ4n) is 2.46. The Morgan fingerprint density at radius 1 is 1.25 bits per heavy atom. The van der Waals surface area contributed by atoms with E-state index in [9.17, 15) is 14.7 Å². The quantitative estimate of drug-likeness (QED) is 0.643. The smallest absolute Gasteiger partial charge is 0.314 e. The third kappa shape index (κ3) is 3.81. The summed E-state index contributed by atoms with van der Waals surface area (Å²) in [7, 11) is 0. The van der Waals surface area contributed by atoms with E-state index in [0.29, 0.717) is 19.4 Å². The van der Waals surface area contributed by atoms with Gasteiger partial charge in [-0.15, -0.1) is 0 Å². The van der Waals surface area contributed by atoms with Crippen LogP contribution in [0.1, 0.15) is 46.0 Å². The van der Waals surface area contributed by atoms with Crippen molar-refractivity contribution in [2.75, 3.05) is 19.3 Å². The van der Waals surface area contributed by atoms with Crippen molar-refractivity contribution in [3.05, 3.63) is 0 Å². The zero-order valence-electron chi connectivity index (χ0n) is 12.6. The van der Waals surface area contributed by atoms with Crippen LogP contribution in [0.3, 0.4) is 0 Å². The largest absolute Gasteiger partial charge is 0.481 e. The highest BCUT2D eigenvalue weighted by Crippen LogP contribution is 2.42. The van der Waals surface area contributed by atoms with Crippen molar-refractivity contribution in [1.82, 2.24) is 10.6 Å². The van der Waals surface area contributed by atoms with Gasteiger partial charge in [0, 0.05) is 17.8 Å². The fourth-order valence-corrected chi connectivity index (χ4v) is 3.37. The Morgan fingerprint density at radius 2 is 1.85 bits per heavy atom. The summed E-state index contributed by atoms with van der Waals surface area (Å²) < 4.78 is 0.191. The number of carbonyl (C=O) groups excluding carboxylic acids is 1. The number of rotatable bonds is 8. The minimum atomic E-state index is -0.856. The number of carboxylic acid groups (broad SMARTS) is 1. The number of thioether (sulfide) groups is 1. The Kier molecular flexibility index (Phi) is 6.17. The molecule has 1 saturated carbocycles. The van der Waals surface area contributed by atoms with E-state index in [4.69, 9.17) is 0 Å². The Bertz CT molecular complexity index is 347. The summed E-state index contributed by atoms with van der Waals surface area (Å²) in [5.41, 5.74) is -0.856. The Labute approximate surface area is 125 Å². The van der Waals surface area contributed by atoms with E-state index < -0.39 is 11.4 Å². The van der Waals surface area contributed by atoms with Gasteiger partial charge in [-0.1, -0.05) is 20.3 Å². The van der Waals surface area contributed by atoms with Crippen molar-refractivity contribution in [2.45, 2.75) is 50.7 Å². The first-order valence-electron chi connectivity index (χ1n) is 7.24. The molecule has 20 heavy (non-hydrogen) atoms. The molecule has 0 aromatic rings. The van der Waals surface area contributed by atoms with Gasteiger partial charge in [-0.3, -0.25) is 4.79 Å². The van der Waals surface area contributed by atoms with E-state index >= 15 is 0 Å². The van der Waals surface area contributed by atoms with Crippen LogP contribution in [0.2, 0.25) is 0 Å². The summed E-state index contributed by atoms with van der Waals surface area (Å²) in [6.07, 6.45) is 6.58. The lowest BCUT2D eigenvalue weighted by atomic mass is 9.82. The molecule has 5 nitrogen and oxygen atoms in total. The van der Waals surface area contributed by atoms with Gasteiger partial charge in [-0.2, -0.15) is 11.8 Å². The zero-order chi connectivity index (χ0) is 15.2. The van der Waals surface area contributed by atoms with Gasteiger partial charge < -0.3 is 15.7 Å². The number of carboxylic acids is 1. The lowest BCUT2D eigenvalue weighted by molar-refractivity contribution is -0.149. The normalized spacial score (nSPS) is 17.1. The molecule has 0 heterocycles. The predicted octanol–water partition coefficient (Wildman–Crippen LogP) is 2.46. The molecule has 0 aliphatic heterocycles. The van der Waals surface area contributed by atoms with Crippen molar-refractivity contribution in [3.8, 4) is 0 Å². The van der Waals surface area contributed by atoms with E-state index in [2.05, 4.69) is 16.9 Å². The van der Waals surface area contributed by atoms with Crippen LogP contribution in [0.5, 0.6) is 0 Å². The van der Waals surface area contributed by atoms with Gasteiger partial charge in [-0.25, -0.2) is 4.79 Å². The van der Waals surface area contributed by atoms with Gasteiger partial charge in [0.2, 0.25) is 0 Å². The number of aliphatic carboxylic acids is 1. The molecule has 0 bridgehead atoms. The van der Waals surface area contributed by atoms with E-state index in [-0.39, 0.29) is 17.3 Å². The van der Waals surface area contributed by atoms with Crippen molar-refractivity contribution in [2.24, 2.45) is 5.41 Å². The molecule has 1 rings (SSSR count). The second-order valence-electron chi connectivity index (χ2n) is 5.57. The maximum atomic E-state index is 11.8. The van der Waals surface area contributed by atoms with Gasteiger partial charge in [0.25, 0.3) is 0 Å². The van der Waals surface area contributed by atoms with Gasteiger partial charge in [0.1, 0.15) is 0 Å². The zero-order valence-corrected chi connectivity index (χ0v) is 13.4. The highest BCUT2D eigenvalue weighted by molar-refractivity contribution is 8.00. The van der Waals surface area contributed by atoms with Gasteiger partial charge in [0.05, 0.1) is 5.41 Å². The lowest BCUT2D eigenvalue weighted by Crippen LogP contribution is -2.50. The number of nitrogens with one attached hydrogen (secondary N) is 2. The van der Waals surface area contributed by atoms with E-state index in [1.807, 2.05) is 13.8 Å². The third-order valence-electron chi connectivity index (χ3n) is 4.66. The molecule has 2 amide bonds. The molecule has 0 spiro atoms. The Hall–Kier alpha value is -0.910. The van der Waals surface area contributed by atoms with Crippen LogP contribution in [0.25, 0.3) is 0 Å². The van der Waals surface area contributed by atoms with Gasteiger partial charge >= 0.3 is 12.0 Å². The average molecular weight is 302 g/mol. The van der Waals surface area contributed by atoms with Crippen LogP contribution in [-0.2, 0) is 4.79 Å². The van der Waals surface area contributed by atoms with Crippen molar-refractivity contribution < 1.29 is 14.7 Å². The maximum Gasteiger partial charge on any atom is 0.314 e. The van der Waals surface area contributed by atoms with Crippen molar-refractivity contribution in [1.29, 1.82) is 0 Å². The predicted molar refractivity (Wildman–Crippen MR) is 82.1 cm³/mol. The standard InChI is InChI=1S/C14H26N2O3S/c1-4-13(5-2,11(17)18)9-15-12(19)16-10-14(20-3)7-6-8-14/h4-10H2,1-3H3,(H,17,18)(H2,15,16,19). The minimum absolute atomic E-state index is 0.174. The number of urea groups is 1. The molecule has 0 unspecified atom stereocenters. The van der Waals surface area contributed by atoms with Gasteiger partial charge in [0.15, 0.2) is 0 Å². The molecule has 0 aromatic carbocycles. The van der Waals surface area contributed by atoms with Crippen LogP contribution >= 0.6 is 11.8 Å².